The lowest BCUT2D eigenvalue weighted by Gasteiger charge is -2.31. The molecule has 68 heavy (non-hydrogen) atoms. The fraction of sp³-hybridized carbons (Fsp3) is 0.434. The summed E-state index contributed by atoms with van der Waals surface area (Å²) < 4.78 is 28.7. The minimum atomic E-state index is -1.15. The van der Waals surface area contributed by atoms with Crippen LogP contribution < -0.4 is 25.4 Å². The summed E-state index contributed by atoms with van der Waals surface area (Å²) in [5, 5.41) is 8.27. The summed E-state index contributed by atoms with van der Waals surface area (Å²) in [4.78, 5) is 82.5. The smallest absolute Gasteiger partial charge is 0.407 e. The Labute approximate surface area is 398 Å². The SMILES string of the molecule is CCCOc1ccc2cc1-c1cc(ccc1OCCNC(=O)OC(C)(C)C)C[C@@H](C(=O)OC)NC(=O)[C@H](C)CC(=O)[C@H]2N(C)C(=O)[C@@H](C)CCNC(=O)OCC1c2ccccc2-c2ccccc21. The number of ketones is 1. The zero-order valence-corrected chi connectivity index (χ0v) is 40.3. The molecule has 2 aliphatic rings. The van der Waals surface area contributed by atoms with Crippen molar-refractivity contribution in [3.8, 4) is 33.8 Å². The van der Waals surface area contributed by atoms with Gasteiger partial charge in [0.1, 0.15) is 42.4 Å². The van der Waals surface area contributed by atoms with Crippen molar-refractivity contribution >= 4 is 35.8 Å². The Morgan fingerprint density at radius 1 is 0.794 bits per heavy atom. The van der Waals surface area contributed by atoms with Crippen LogP contribution in [0.4, 0.5) is 9.59 Å². The molecular formula is C53H64N4O11. The van der Waals surface area contributed by atoms with E-state index in [1.165, 1.54) is 12.0 Å². The molecule has 3 N–H and O–H groups in total. The van der Waals surface area contributed by atoms with Crippen LogP contribution in [0, 0.1) is 11.8 Å². The van der Waals surface area contributed by atoms with Crippen molar-refractivity contribution in [3.63, 3.8) is 0 Å². The quantitative estimate of drug-likeness (QED) is 0.0597. The standard InChI is InChI=1S/C53H64N4O11/c1-9-25-65-46-21-19-35-30-41(46)40-28-34(18-20-45(40)66-26-24-55-52(63)68-53(4,5)6)29-43(50(61)64-8)56-48(59)33(3)27-44(58)47(35)57(7)49(60)32(2)22-23-54-51(62)67-31-42-38-16-12-10-14-36(38)37-15-11-13-17-39(37)42/h10-21,28,30,32-33,42-43,47H,9,22-27,29,31H2,1-8H3,(H,54,62)(H,55,63)(H,56,59)/t32-,33+,43-,47-/m0/s1. The largest absolute Gasteiger partial charge is 0.493 e. The number of hydrogen-bond donors (Lipinski definition) is 3. The number of likely N-dealkylation sites (N-methyl/N-ethyl adjacent to an activating group) is 1. The molecular weight excluding hydrogens is 869 g/mol. The lowest BCUT2D eigenvalue weighted by atomic mass is 9.89. The normalized spacial score (nSPS) is 17.3. The van der Waals surface area contributed by atoms with Crippen molar-refractivity contribution < 1.29 is 52.5 Å². The Morgan fingerprint density at radius 2 is 1.41 bits per heavy atom. The highest BCUT2D eigenvalue weighted by Crippen LogP contribution is 2.45. The van der Waals surface area contributed by atoms with Crippen LogP contribution in [0.1, 0.15) is 95.0 Å². The first-order valence-electron chi connectivity index (χ1n) is 23.3. The first-order chi connectivity index (χ1) is 32.5. The highest BCUT2D eigenvalue weighted by atomic mass is 16.6. The highest BCUT2D eigenvalue weighted by molar-refractivity contribution is 5.95. The van der Waals surface area contributed by atoms with Crippen LogP contribution in [-0.2, 0) is 39.8 Å². The fourth-order valence-corrected chi connectivity index (χ4v) is 8.59. The Hall–Kier alpha value is -6.90. The van der Waals surface area contributed by atoms with Gasteiger partial charge in [0.25, 0.3) is 0 Å². The number of alkyl carbamates (subject to hydrolysis) is 2. The van der Waals surface area contributed by atoms with Gasteiger partial charge in [0.2, 0.25) is 11.8 Å². The van der Waals surface area contributed by atoms with Gasteiger partial charge < -0.3 is 44.5 Å². The average Bonchev–Trinajstić information content (AvgIpc) is 3.63. The molecule has 0 spiro atoms. The van der Waals surface area contributed by atoms with E-state index in [1.807, 2.05) is 49.4 Å². The summed E-state index contributed by atoms with van der Waals surface area (Å²) in [6.07, 6.45) is -0.452. The van der Waals surface area contributed by atoms with E-state index in [-0.39, 0.29) is 57.4 Å². The van der Waals surface area contributed by atoms with E-state index in [4.69, 9.17) is 23.7 Å². The number of nitrogens with one attached hydrogen (secondary N) is 3. The van der Waals surface area contributed by atoms with Crippen molar-refractivity contribution in [1.29, 1.82) is 0 Å². The van der Waals surface area contributed by atoms with E-state index in [9.17, 15) is 28.8 Å². The first-order valence-corrected chi connectivity index (χ1v) is 23.3. The maximum atomic E-state index is 14.6. The molecule has 0 aromatic heterocycles. The molecule has 1 aliphatic carbocycles. The third-order valence-electron chi connectivity index (χ3n) is 12.0. The van der Waals surface area contributed by atoms with Crippen LogP contribution in [-0.4, -0.2) is 99.4 Å². The summed E-state index contributed by atoms with van der Waals surface area (Å²) in [6, 6.07) is 24.5. The minimum absolute atomic E-state index is 0.0571. The Bertz CT molecular complexity index is 2440. The number of carbonyl (C=O) groups excluding carboxylic acids is 6. The van der Waals surface area contributed by atoms with Gasteiger partial charge in [0.05, 0.1) is 20.3 Å². The number of Topliss-reactive ketones (excluding diaryl/α,β-unsaturated/α-hetero) is 1. The van der Waals surface area contributed by atoms with Crippen molar-refractivity contribution in [2.75, 3.05) is 47.1 Å². The number of carbonyl (C=O) groups is 6. The third-order valence-corrected chi connectivity index (χ3v) is 12.0. The van der Waals surface area contributed by atoms with Crippen LogP contribution in [0.2, 0.25) is 0 Å². The molecule has 1 aliphatic heterocycles. The summed E-state index contributed by atoms with van der Waals surface area (Å²) >= 11 is 0. The van der Waals surface area contributed by atoms with Gasteiger partial charge in [-0.1, -0.05) is 81.4 Å². The van der Waals surface area contributed by atoms with E-state index < -0.39 is 59.4 Å². The molecule has 0 fully saturated rings. The van der Waals surface area contributed by atoms with Crippen LogP contribution in [0.25, 0.3) is 22.3 Å². The van der Waals surface area contributed by atoms with E-state index in [0.29, 0.717) is 46.8 Å². The molecule has 4 amide bonds. The van der Waals surface area contributed by atoms with E-state index in [1.54, 1.807) is 72.0 Å². The van der Waals surface area contributed by atoms with Gasteiger partial charge >= 0.3 is 18.2 Å². The molecule has 0 saturated heterocycles. The number of esters is 1. The predicted octanol–water partition coefficient (Wildman–Crippen LogP) is 7.92. The second-order valence-electron chi connectivity index (χ2n) is 18.4. The van der Waals surface area contributed by atoms with Gasteiger partial charge in [-0.05, 0) is 91.3 Å². The summed E-state index contributed by atoms with van der Waals surface area (Å²) in [5.41, 5.74) is 5.97. The van der Waals surface area contributed by atoms with Gasteiger partial charge in [-0.2, -0.15) is 0 Å². The number of amides is 4. The number of benzene rings is 4. The molecule has 4 atom stereocenters. The van der Waals surface area contributed by atoms with Crippen LogP contribution in [0.3, 0.4) is 0 Å². The average molecular weight is 933 g/mol. The molecule has 1 heterocycles. The van der Waals surface area contributed by atoms with Gasteiger partial charge in [-0.25, -0.2) is 14.4 Å². The second kappa shape index (κ2) is 22.7. The van der Waals surface area contributed by atoms with Gasteiger partial charge in [0.15, 0.2) is 5.78 Å². The van der Waals surface area contributed by atoms with Crippen molar-refractivity contribution in [1.82, 2.24) is 20.9 Å². The molecule has 15 nitrogen and oxygen atoms in total. The minimum Gasteiger partial charge on any atom is -0.493 e. The zero-order chi connectivity index (χ0) is 49.1. The zero-order valence-electron chi connectivity index (χ0n) is 40.3. The molecule has 6 rings (SSSR count). The fourth-order valence-electron chi connectivity index (χ4n) is 8.59. The first kappa shape index (κ1) is 50.5. The number of fused-ring (bicyclic) bond motifs is 8. The molecule has 4 aromatic rings. The molecule has 0 radical (unpaired) electrons. The molecule has 0 saturated carbocycles. The number of nitrogens with zero attached hydrogens (tertiary/aromatic N) is 1. The molecule has 4 aromatic carbocycles. The molecule has 362 valence electrons. The number of rotatable bonds is 15. The topological polar surface area (TPSA) is 188 Å². The van der Waals surface area contributed by atoms with Crippen molar-refractivity contribution in [2.24, 2.45) is 11.8 Å². The third kappa shape index (κ3) is 12.5. The van der Waals surface area contributed by atoms with Gasteiger partial charge in [-0.15, -0.1) is 0 Å². The second-order valence-corrected chi connectivity index (χ2v) is 18.4. The lowest BCUT2D eigenvalue weighted by molar-refractivity contribution is -0.146. The summed E-state index contributed by atoms with van der Waals surface area (Å²) in [6.45, 7) is 11.4. The Morgan fingerprint density at radius 3 is 2.06 bits per heavy atom. The Kier molecular flexibility index (Phi) is 16.9. The maximum absolute atomic E-state index is 14.6. The predicted molar refractivity (Wildman–Crippen MR) is 256 cm³/mol. The molecule has 4 bridgehead atoms. The van der Waals surface area contributed by atoms with Crippen molar-refractivity contribution in [3.05, 3.63) is 107 Å². The van der Waals surface area contributed by atoms with E-state index >= 15 is 0 Å². The lowest BCUT2D eigenvalue weighted by Crippen LogP contribution is -2.46. The van der Waals surface area contributed by atoms with E-state index in [2.05, 4.69) is 28.1 Å². The van der Waals surface area contributed by atoms with E-state index in [0.717, 1.165) is 22.3 Å². The molecule has 15 heteroatoms. The summed E-state index contributed by atoms with van der Waals surface area (Å²) in [5.74, 6) is -2.72. The van der Waals surface area contributed by atoms with Crippen LogP contribution >= 0.6 is 0 Å². The highest BCUT2D eigenvalue weighted by Gasteiger charge is 2.35. The summed E-state index contributed by atoms with van der Waals surface area (Å²) in [7, 11) is 2.79. The van der Waals surface area contributed by atoms with Crippen molar-refractivity contribution in [2.45, 2.75) is 90.8 Å². The molecule has 0 unspecified atom stereocenters. The number of hydrogen-bond acceptors (Lipinski definition) is 11. The van der Waals surface area contributed by atoms with Gasteiger partial charge in [0, 0.05) is 55.3 Å². The number of ether oxygens (including phenoxy) is 5. The maximum Gasteiger partial charge on any atom is 0.407 e. The Balaban J connectivity index is 1.25. The monoisotopic (exact) mass is 932 g/mol. The van der Waals surface area contributed by atoms with Crippen LogP contribution in [0.5, 0.6) is 11.5 Å². The number of methoxy groups -OCH3 is 1. The van der Waals surface area contributed by atoms with Crippen LogP contribution in [0.15, 0.2) is 84.9 Å². The van der Waals surface area contributed by atoms with Gasteiger partial charge in [-0.3, -0.25) is 14.4 Å².